The van der Waals surface area contributed by atoms with Crippen LogP contribution in [-0.4, -0.2) is 52.0 Å². The molecule has 2 aromatic rings. The van der Waals surface area contributed by atoms with Crippen molar-refractivity contribution in [3.05, 3.63) is 64.5 Å². The van der Waals surface area contributed by atoms with Gasteiger partial charge in [-0.15, -0.1) is 0 Å². The minimum atomic E-state index is -4.57. The number of carbonyl (C=O) groups excluding carboxylic acids is 2. The van der Waals surface area contributed by atoms with Crippen molar-refractivity contribution in [2.24, 2.45) is 0 Å². The van der Waals surface area contributed by atoms with Crippen molar-refractivity contribution in [1.82, 2.24) is 14.8 Å². The third-order valence-corrected chi connectivity index (χ3v) is 6.04. The Morgan fingerprint density at radius 3 is 2.61 bits per heavy atom. The van der Waals surface area contributed by atoms with Crippen LogP contribution in [0, 0.1) is 18.3 Å². The van der Waals surface area contributed by atoms with Crippen LogP contribution in [0.4, 0.5) is 18.0 Å². The lowest BCUT2D eigenvalue weighted by Crippen LogP contribution is -2.48. The number of benzene rings is 1. The number of halogens is 3. The molecular formula is C23H21F3N4O3. The zero-order valence-corrected chi connectivity index (χ0v) is 17.9. The molecule has 0 saturated carbocycles. The predicted octanol–water partition coefficient (Wildman–Crippen LogP) is 3.91. The van der Waals surface area contributed by atoms with Crippen LogP contribution in [0.1, 0.15) is 45.7 Å². The molecule has 2 saturated heterocycles. The number of carbonyl (C=O) groups is 2. The highest BCUT2D eigenvalue weighted by Gasteiger charge is 2.47. The number of nitriles is 1. The third kappa shape index (κ3) is 4.62. The molecule has 7 nitrogen and oxygen atoms in total. The summed E-state index contributed by atoms with van der Waals surface area (Å²) in [5.41, 5.74) is -0.272. The highest BCUT2D eigenvalue weighted by atomic mass is 19.4. The van der Waals surface area contributed by atoms with Crippen LogP contribution in [0.15, 0.2) is 36.4 Å². The summed E-state index contributed by atoms with van der Waals surface area (Å²) < 4.78 is 44.2. The summed E-state index contributed by atoms with van der Waals surface area (Å²) in [6.45, 7) is 2.68. The van der Waals surface area contributed by atoms with E-state index in [9.17, 15) is 22.8 Å². The molecule has 2 aliphatic heterocycles. The third-order valence-electron chi connectivity index (χ3n) is 6.04. The van der Waals surface area contributed by atoms with Crippen LogP contribution in [0.2, 0.25) is 0 Å². The summed E-state index contributed by atoms with van der Waals surface area (Å²) in [4.78, 5) is 32.0. The summed E-state index contributed by atoms with van der Waals surface area (Å²) in [5, 5.41) is 9.05. The number of nitrogens with zero attached hydrogens (tertiary/aromatic N) is 4. The second kappa shape index (κ2) is 8.39. The first-order chi connectivity index (χ1) is 15.6. The van der Waals surface area contributed by atoms with Crippen LogP contribution in [0.25, 0.3) is 0 Å². The normalized spacial score (nSPS) is 17.7. The number of hydrogen-bond acceptors (Lipinski definition) is 5. The average Bonchev–Trinajstić information content (AvgIpc) is 3.07. The van der Waals surface area contributed by atoms with Gasteiger partial charge in [-0.05, 0) is 36.8 Å². The summed E-state index contributed by atoms with van der Waals surface area (Å²) in [6.07, 6.45) is -4.17. The van der Waals surface area contributed by atoms with Gasteiger partial charge in [-0.2, -0.15) is 18.4 Å². The Kier molecular flexibility index (Phi) is 5.74. The van der Waals surface area contributed by atoms with E-state index in [1.165, 1.54) is 6.92 Å². The standard InChI is InChI=1S/C23H21F3N4O3/c1-15-18(5-6-19(28-15)23(24,25)26)20(31)29-9-7-22(8-10-29)14-30(21(32)33-22)13-17-4-2-3-16(11-17)12-27/h2-6,11H,7-10,13-14H2,1H3. The molecule has 1 spiro atoms. The minimum absolute atomic E-state index is 0.0215. The Bertz CT molecular complexity index is 1130. The maximum absolute atomic E-state index is 12.9. The predicted molar refractivity (Wildman–Crippen MR) is 110 cm³/mol. The molecule has 4 rings (SSSR count). The van der Waals surface area contributed by atoms with E-state index in [4.69, 9.17) is 10.00 Å². The molecule has 0 aliphatic carbocycles. The van der Waals surface area contributed by atoms with E-state index in [0.29, 0.717) is 44.6 Å². The lowest BCUT2D eigenvalue weighted by molar-refractivity contribution is -0.141. The lowest BCUT2D eigenvalue weighted by atomic mass is 9.91. The Balaban J connectivity index is 1.40. The fourth-order valence-electron chi connectivity index (χ4n) is 4.27. The largest absolute Gasteiger partial charge is 0.441 e. The Hall–Kier alpha value is -3.61. The van der Waals surface area contributed by atoms with E-state index in [0.717, 1.165) is 17.7 Å². The van der Waals surface area contributed by atoms with Crippen molar-refractivity contribution < 1.29 is 27.5 Å². The second-order valence-corrected chi connectivity index (χ2v) is 8.34. The number of ether oxygens (including phenoxy) is 1. The Morgan fingerprint density at radius 1 is 1.24 bits per heavy atom. The van der Waals surface area contributed by atoms with Gasteiger partial charge in [-0.3, -0.25) is 9.69 Å². The topological polar surface area (TPSA) is 86.5 Å². The Morgan fingerprint density at radius 2 is 1.97 bits per heavy atom. The first kappa shape index (κ1) is 22.6. The van der Waals surface area contributed by atoms with Crippen LogP contribution < -0.4 is 0 Å². The highest BCUT2D eigenvalue weighted by molar-refractivity contribution is 5.95. The van der Waals surface area contributed by atoms with Gasteiger partial charge in [0.25, 0.3) is 5.91 Å². The molecule has 3 heterocycles. The van der Waals surface area contributed by atoms with Crippen molar-refractivity contribution in [2.75, 3.05) is 19.6 Å². The molecule has 33 heavy (non-hydrogen) atoms. The zero-order chi connectivity index (χ0) is 23.8. The summed E-state index contributed by atoms with van der Waals surface area (Å²) in [7, 11) is 0. The molecule has 0 atom stereocenters. The van der Waals surface area contributed by atoms with E-state index < -0.39 is 29.5 Å². The fraction of sp³-hybridized carbons (Fsp3) is 0.391. The molecule has 0 bridgehead atoms. The summed E-state index contributed by atoms with van der Waals surface area (Å²) >= 11 is 0. The van der Waals surface area contributed by atoms with Crippen molar-refractivity contribution in [3.63, 3.8) is 0 Å². The Labute approximate surface area is 188 Å². The zero-order valence-electron chi connectivity index (χ0n) is 17.9. The van der Waals surface area contributed by atoms with Gasteiger partial charge in [0, 0.05) is 32.5 Å². The molecule has 1 aromatic carbocycles. The minimum Gasteiger partial charge on any atom is -0.441 e. The number of pyridine rings is 1. The second-order valence-electron chi connectivity index (χ2n) is 8.34. The molecule has 2 amide bonds. The maximum Gasteiger partial charge on any atom is 0.433 e. The number of likely N-dealkylation sites (tertiary alicyclic amines) is 1. The van der Waals surface area contributed by atoms with E-state index in [2.05, 4.69) is 11.1 Å². The first-order valence-corrected chi connectivity index (χ1v) is 10.4. The number of hydrogen-bond donors (Lipinski definition) is 0. The first-order valence-electron chi connectivity index (χ1n) is 10.4. The van der Waals surface area contributed by atoms with Gasteiger partial charge in [-0.25, -0.2) is 9.78 Å². The van der Waals surface area contributed by atoms with Gasteiger partial charge in [0.2, 0.25) is 0 Å². The molecule has 172 valence electrons. The summed E-state index contributed by atoms with van der Waals surface area (Å²) in [6, 6.07) is 11.0. The number of aryl methyl sites for hydroxylation is 1. The van der Waals surface area contributed by atoms with Crippen molar-refractivity contribution in [2.45, 2.75) is 38.1 Å². The van der Waals surface area contributed by atoms with Crippen molar-refractivity contribution in [3.8, 4) is 6.07 Å². The van der Waals surface area contributed by atoms with Gasteiger partial charge in [-0.1, -0.05) is 12.1 Å². The number of aromatic nitrogens is 1. The SMILES string of the molecule is Cc1nc(C(F)(F)F)ccc1C(=O)N1CCC2(CC1)CN(Cc1cccc(C#N)c1)C(=O)O2. The van der Waals surface area contributed by atoms with Gasteiger partial charge in [0.1, 0.15) is 11.3 Å². The van der Waals surface area contributed by atoms with Crippen molar-refractivity contribution >= 4 is 12.0 Å². The van der Waals surface area contributed by atoms with Gasteiger partial charge in [0.05, 0.1) is 29.4 Å². The van der Waals surface area contributed by atoms with E-state index in [-0.39, 0.29) is 11.3 Å². The number of alkyl halides is 3. The van der Waals surface area contributed by atoms with Crippen LogP contribution >= 0.6 is 0 Å². The summed E-state index contributed by atoms with van der Waals surface area (Å²) in [5.74, 6) is -0.391. The molecule has 0 unspecified atom stereocenters. The van der Waals surface area contributed by atoms with E-state index in [1.807, 2.05) is 6.07 Å². The van der Waals surface area contributed by atoms with Gasteiger partial charge < -0.3 is 9.64 Å². The number of piperidine rings is 1. The molecule has 0 radical (unpaired) electrons. The molecule has 10 heteroatoms. The fourth-order valence-corrected chi connectivity index (χ4v) is 4.27. The van der Waals surface area contributed by atoms with E-state index >= 15 is 0 Å². The smallest absolute Gasteiger partial charge is 0.433 e. The monoisotopic (exact) mass is 458 g/mol. The van der Waals surface area contributed by atoms with E-state index in [1.54, 1.807) is 28.0 Å². The molecule has 1 aromatic heterocycles. The number of rotatable bonds is 3. The quantitative estimate of drug-likeness (QED) is 0.696. The average molecular weight is 458 g/mol. The molecular weight excluding hydrogens is 437 g/mol. The van der Waals surface area contributed by atoms with Crippen molar-refractivity contribution in [1.29, 1.82) is 5.26 Å². The lowest BCUT2D eigenvalue weighted by Gasteiger charge is -2.37. The highest BCUT2D eigenvalue weighted by Crippen LogP contribution is 2.35. The van der Waals surface area contributed by atoms with Gasteiger partial charge >= 0.3 is 12.3 Å². The molecule has 2 fully saturated rings. The van der Waals surface area contributed by atoms with Gasteiger partial charge in [0.15, 0.2) is 0 Å². The van der Waals surface area contributed by atoms with Crippen LogP contribution in [0.3, 0.4) is 0 Å². The molecule has 2 aliphatic rings. The maximum atomic E-state index is 12.9. The molecule has 0 N–H and O–H groups in total. The van der Waals surface area contributed by atoms with Crippen LogP contribution in [0.5, 0.6) is 0 Å². The van der Waals surface area contributed by atoms with Crippen LogP contribution in [-0.2, 0) is 17.5 Å². The number of amides is 2.